The van der Waals surface area contributed by atoms with Crippen LogP contribution in [0, 0.1) is 0 Å². The van der Waals surface area contributed by atoms with E-state index in [9.17, 15) is 4.79 Å². The number of halogens is 1. The Morgan fingerprint density at radius 1 is 1.14 bits per heavy atom. The third-order valence-electron chi connectivity index (χ3n) is 5.55. The summed E-state index contributed by atoms with van der Waals surface area (Å²) < 4.78 is 3.44. The molecule has 0 spiro atoms. The Morgan fingerprint density at radius 2 is 1.97 bits per heavy atom. The number of rotatable bonds is 5. The van der Waals surface area contributed by atoms with Gasteiger partial charge in [-0.15, -0.1) is 0 Å². The smallest absolute Gasteiger partial charge is 0.276 e. The second kappa shape index (κ2) is 7.16. The lowest BCUT2D eigenvalue weighted by atomic mass is 10.0. The van der Waals surface area contributed by atoms with Gasteiger partial charge in [-0.1, -0.05) is 35.9 Å². The highest BCUT2D eigenvalue weighted by Gasteiger charge is 2.24. The molecule has 146 valence electrons. The number of benzene rings is 2. The Bertz CT molecular complexity index is 1270. The molecule has 6 heteroatoms. The fraction of sp³-hybridized carbons (Fsp3) is 0.261. The second-order valence-electron chi connectivity index (χ2n) is 7.70. The van der Waals surface area contributed by atoms with E-state index >= 15 is 0 Å². The number of aromatic nitrogens is 4. The normalized spacial score (nSPS) is 13.9. The maximum absolute atomic E-state index is 13.1. The van der Waals surface area contributed by atoms with Gasteiger partial charge in [0.05, 0.1) is 28.1 Å². The molecule has 2 aromatic carbocycles. The van der Waals surface area contributed by atoms with Gasteiger partial charge in [-0.05, 0) is 60.9 Å². The molecule has 5 nitrogen and oxygen atoms in total. The maximum atomic E-state index is 13.1. The van der Waals surface area contributed by atoms with Gasteiger partial charge in [-0.3, -0.25) is 9.25 Å². The van der Waals surface area contributed by atoms with Gasteiger partial charge < -0.3 is 0 Å². The van der Waals surface area contributed by atoms with Crippen LogP contribution in [0.5, 0.6) is 0 Å². The van der Waals surface area contributed by atoms with Crippen molar-refractivity contribution in [2.75, 3.05) is 0 Å². The van der Waals surface area contributed by atoms with Crippen molar-refractivity contribution in [1.82, 2.24) is 19.3 Å². The highest BCUT2D eigenvalue weighted by molar-refractivity contribution is 6.32. The summed E-state index contributed by atoms with van der Waals surface area (Å²) in [5.74, 6) is 0.598. The molecule has 0 bridgehead atoms. The van der Waals surface area contributed by atoms with Gasteiger partial charge in [0.2, 0.25) is 0 Å². The van der Waals surface area contributed by atoms with E-state index in [1.807, 2.05) is 37.6 Å². The molecule has 4 aromatic rings. The van der Waals surface area contributed by atoms with Crippen LogP contribution in [0.4, 0.5) is 0 Å². The van der Waals surface area contributed by atoms with Crippen LogP contribution in [-0.2, 0) is 19.9 Å². The number of nitrogens with zero attached hydrogens (tertiary/aromatic N) is 4. The molecular weight excluding hydrogens is 384 g/mol. The van der Waals surface area contributed by atoms with E-state index in [1.54, 1.807) is 15.3 Å². The van der Waals surface area contributed by atoms with Crippen molar-refractivity contribution in [2.45, 2.75) is 31.6 Å². The molecule has 29 heavy (non-hydrogen) atoms. The van der Waals surface area contributed by atoms with Gasteiger partial charge in [0, 0.05) is 18.6 Å². The van der Waals surface area contributed by atoms with Gasteiger partial charge >= 0.3 is 5.69 Å². The van der Waals surface area contributed by atoms with Crippen molar-refractivity contribution >= 4 is 22.5 Å². The predicted molar refractivity (Wildman–Crippen MR) is 115 cm³/mol. The van der Waals surface area contributed by atoms with Crippen molar-refractivity contribution in [3.63, 3.8) is 0 Å². The zero-order valence-corrected chi connectivity index (χ0v) is 16.9. The Morgan fingerprint density at radius 3 is 2.69 bits per heavy atom. The standard InChI is InChI=1S/C23H21ClN4O/c1-27-14-15(13-25-27)6-11-20-18-10-9-17(16-7-8-16)12-22(18)28(23(29)26-20)21-5-3-2-4-19(21)24/h2-5,9-10,12-14,16H,6-8,11H2,1H3. The monoisotopic (exact) mass is 404 g/mol. The van der Waals surface area contributed by atoms with E-state index in [4.69, 9.17) is 11.6 Å². The summed E-state index contributed by atoms with van der Waals surface area (Å²) in [5, 5.41) is 5.76. The highest BCUT2D eigenvalue weighted by atomic mass is 35.5. The number of hydrogen-bond donors (Lipinski definition) is 0. The largest absolute Gasteiger partial charge is 0.352 e. The summed E-state index contributed by atoms with van der Waals surface area (Å²) in [6.45, 7) is 0. The first-order chi connectivity index (χ1) is 14.1. The summed E-state index contributed by atoms with van der Waals surface area (Å²) in [5.41, 5.74) is 4.49. The average Bonchev–Trinajstić information content (AvgIpc) is 3.48. The minimum absolute atomic E-state index is 0.292. The molecular formula is C23H21ClN4O. The first kappa shape index (κ1) is 18.1. The molecule has 0 unspecified atom stereocenters. The van der Waals surface area contributed by atoms with Crippen LogP contribution in [0.3, 0.4) is 0 Å². The Kier molecular flexibility index (Phi) is 4.47. The molecule has 1 saturated carbocycles. The van der Waals surface area contributed by atoms with Crippen LogP contribution in [0.1, 0.15) is 35.6 Å². The second-order valence-corrected chi connectivity index (χ2v) is 8.11. The molecule has 0 radical (unpaired) electrons. The molecule has 1 aliphatic rings. The summed E-state index contributed by atoms with van der Waals surface area (Å²) in [6.07, 6.45) is 7.75. The van der Waals surface area contributed by atoms with Crippen LogP contribution >= 0.6 is 11.6 Å². The van der Waals surface area contributed by atoms with Crippen molar-refractivity contribution < 1.29 is 0 Å². The summed E-state index contributed by atoms with van der Waals surface area (Å²) in [4.78, 5) is 17.5. The van der Waals surface area contributed by atoms with Crippen LogP contribution in [0.25, 0.3) is 16.6 Å². The average molecular weight is 405 g/mol. The van der Waals surface area contributed by atoms with Crippen LogP contribution in [-0.4, -0.2) is 19.3 Å². The minimum atomic E-state index is -0.292. The molecule has 2 aromatic heterocycles. The lowest BCUT2D eigenvalue weighted by Gasteiger charge is -2.15. The third kappa shape index (κ3) is 3.47. The number of fused-ring (bicyclic) bond motifs is 1. The number of aryl methyl sites for hydroxylation is 3. The van der Waals surface area contributed by atoms with E-state index in [2.05, 4.69) is 28.3 Å². The van der Waals surface area contributed by atoms with Crippen LogP contribution < -0.4 is 5.69 Å². The van der Waals surface area contributed by atoms with E-state index in [0.717, 1.165) is 28.6 Å². The SMILES string of the molecule is Cn1cc(CCc2nc(=O)n(-c3ccccc3Cl)c3cc(C4CC4)ccc23)cn1. The first-order valence-corrected chi connectivity index (χ1v) is 10.3. The van der Waals surface area contributed by atoms with Crippen molar-refractivity contribution in [3.8, 4) is 5.69 Å². The lowest BCUT2D eigenvalue weighted by molar-refractivity contribution is 0.766. The fourth-order valence-electron chi connectivity index (χ4n) is 3.90. The molecule has 1 aliphatic carbocycles. The van der Waals surface area contributed by atoms with Gasteiger partial charge in [0.25, 0.3) is 0 Å². The van der Waals surface area contributed by atoms with E-state index < -0.39 is 0 Å². The van der Waals surface area contributed by atoms with Crippen LogP contribution in [0.15, 0.2) is 59.7 Å². The van der Waals surface area contributed by atoms with E-state index in [1.165, 1.54) is 18.4 Å². The van der Waals surface area contributed by atoms with E-state index in [0.29, 0.717) is 23.0 Å². The van der Waals surface area contributed by atoms with Crippen molar-refractivity contribution in [2.24, 2.45) is 7.05 Å². The van der Waals surface area contributed by atoms with Gasteiger partial charge in [-0.2, -0.15) is 10.1 Å². The van der Waals surface area contributed by atoms with Gasteiger partial charge in [0.1, 0.15) is 0 Å². The molecule has 0 saturated heterocycles. The van der Waals surface area contributed by atoms with Gasteiger partial charge in [0.15, 0.2) is 0 Å². The molecule has 0 aliphatic heterocycles. The molecule has 0 N–H and O–H groups in total. The van der Waals surface area contributed by atoms with Crippen molar-refractivity contribution in [1.29, 1.82) is 0 Å². The minimum Gasteiger partial charge on any atom is -0.276 e. The molecule has 0 amide bonds. The first-order valence-electron chi connectivity index (χ1n) is 9.88. The topological polar surface area (TPSA) is 52.7 Å². The van der Waals surface area contributed by atoms with E-state index in [-0.39, 0.29) is 5.69 Å². The highest BCUT2D eigenvalue weighted by Crippen LogP contribution is 2.41. The summed E-state index contributed by atoms with van der Waals surface area (Å²) >= 11 is 6.43. The quantitative estimate of drug-likeness (QED) is 0.494. The third-order valence-corrected chi connectivity index (χ3v) is 5.87. The fourth-order valence-corrected chi connectivity index (χ4v) is 4.12. The Labute approximate surface area is 173 Å². The van der Waals surface area contributed by atoms with Gasteiger partial charge in [-0.25, -0.2) is 4.79 Å². The summed E-state index contributed by atoms with van der Waals surface area (Å²) in [7, 11) is 1.90. The molecule has 2 heterocycles. The maximum Gasteiger partial charge on any atom is 0.352 e. The zero-order chi connectivity index (χ0) is 20.0. The van der Waals surface area contributed by atoms with Crippen molar-refractivity contribution in [3.05, 3.63) is 87.2 Å². The van der Waals surface area contributed by atoms with Crippen LogP contribution in [0.2, 0.25) is 5.02 Å². The number of para-hydroxylation sites is 1. The molecule has 5 rings (SSSR count). The molecule has 0 atom stereocenters. The number of hydrogen-bond acceptors (Lipinski definition) is 3. The Balaban J connectivity index is 1.66. The zero-order valence-electron chi connectivity index (χ0n) is 16.2. The molecule has 1 fully saturated rings. The lowest BCUT2D eigenvalue weighted by Crippen LogP contribution is -2.24. The predicted octanol–water partition coefficient (Wildman–Crippen LogP) is 4.44. The summed E-state index contributed by atoms with van der Waals surface area (Å²) in [6, 6.07) is 13.9. The Hall–Kier alpha value is -2.92.